The highest BCUT2D eigenvalue weighted by atomic mass is 32.2. The Morgan fingerprint density at radius 2 is 1.73 bits per heavy atom. The zero-order valence-corrected chi connectivity index (χ0v) is 26.1. The van der Waals surface area contributed by atoms with Crippen LogP contribution in [0.1, 0.15) is 50.6 Å². The second kappa shape index (κ2) is 13.8. The molecule has 1 aliphatic carbocycles. The predicted molar refractivity (Wildman–Crippen MR) is 167 cm³/mol. The molecule has 10 nitrogen and oxygen atoms in total. The molecule has 1 aromatic heterocycles. The molecule has 0 atom stereocenters. The predicted octanol–water partition coefficient (Wildman–Crippen LogP) is 5.26. The van der Waals surface area contributed by atoms with Gasteiger partial charge in [-0.3, -0.25) is 9.10 Å². The number of furan rings is 1. The molecular formula is C33H35FN2O8S. The number of ether oxygens (including phenoxy) is 3. The SMILES string of the molecule is CNC(=O)c1c(-c2ccc(F)cc2)oc2cc(N(CCOCCOCc3ccccc3C(=O)OC)S(C)(=O)=O)c(C3CC3)cc12. The summed E-state index contributed by atoms with van der Waals surface area (Å²) in [6.07, 6.45) is 2.92. The average molecular weight is 639 g/mol. The van der Waals surface area contributed by atoms with Crippen molar-refractivity contribution in [3.8, 4) is 11.3 Å². The number of anilines is 1. The highest BCUT2D eigenvalue weighted by molar-refractivity contribution is 7.92. The maximum absolute atomic E-state index is 13.6. The molecule has 5 rings (SSSR count). The molecule has 1 amide bonds. The van der Waals surface area contributed by atoms with Crippen molar-refractivity contribution in [2.24, 2.45) is 0 Å². The van der Waals surface area contributed by atoms with Gasteiger partial charge in [0.25, 0.3) is 5.91 Å². The molecule has 4 aromatic rings. The zero-order chi connectivity index (χ0) is 32.1. The van der Waals surface area contributed by atoms with Crippen LogP contribution in [0.2, 0.25) is 0 Å². The number of benzene rings is 3. The van der Waals surface area contributed by atoms with Crippen molar-refractivity contribution in [3.05, 3.63) is 88.7 Å². The Labute approximate surface area is 261 Å². The Hall–Kier alpha value is -4.26. The minimum atomic E-state index is -3.73. The summed E-state index contributed by atoms with van der Waals surface area (Å²) in [5.74, 6) is -0.825. The third kappa shape index (κ3) is 7.35. The van der Waals surface area contributed by atoms with Crippen molar-refractivity contribution in [3.63, 3.8) is 0 Å². The first kappa shape index (κ1) is 32.1. The number of sulfonamides is 1. The van der Waals surface area contributed by atoms with E-state index in [9.17, 15) is 22.4 Å². The molecule has 0 bridgehead atoms. The Balaban J connectivity index is 1.33. The molecule has 1 saturated carbocycles. The summed E-state index contributed by atoms with van der Waals surface area (Å²) in [7, 11) is -0.891. The Bertz CT molecular complexity index is 1800. The number of carbonyl (C=O) groups excluding carboxylic acids is 2. The number of carbonyl (C=O) groups is 2. The fraction of sp³-hybridized carbons (Fsp3) is 0.333. The lowest BCUT2D eigenvalue weighted by Gasteiger charge is -2.25. The molecule has 1 N–H and O–H groups in total. The van der Waals surface area contributed by atoms with Crippen molar-refractivity contribution in [2.45, 2.75) is 25.4 Å². The summed E-state index contributed by atoms with van der Waals surface area (Å²) in [5.41, 5.74) is 3.54. The van der Waals surface area contributed by atoms with E-state index in [1.54, 1.807) is 30.3 Å². The van der Waals surface area contributed by atoms with Crippen molar-refractivity contribution in [1.82, 2.24) is 5.32 Å². The maximum Gasteiger partial charge on any atom is 0.338 e. The highest BCUT2D eigenvalue weighted by Gasteiger charge is 2.33. The van der Waals surface area contributed by atoms with Gasteiger partial charge in [0.1, 0.15) is 17.2 Å². The van der Waals surface area contributed by atoms with E-state index in [2.05, 4.69) is 5.32 Å². The number of rotatable bonds is 14. The van der Waals surface area contributed by atoms with E-state index in [0.29, 0.717) is 38.9 Å². The van der Waals surface area contributed by atoms with Gasteiger partial charge in [-0.2, -0.15) is 0 Å². The number of esters is 1. The molecule has 238 valence electrons. The first-order chi connectivity index (χ1) is 21.6. The van der Waals surface area contributed by atoms with Gasteiger partial charge in [-0.05, 0) is 66.3 Å². The van der Waals surface area contributed by atoms with Gasteiger partial charge in [0.15, 0.2) is 0 Å². The van der Waals surface area contributed by atoms with Gasteiger partial charge in [-0.1, -0.05) is 18.2 Å². The number of amides is 1. The van der Waals surface area contributed by atoms with Gasteiger partial charge in [0.2, 0.25) is 10.0 Å². The van der Waals surface area contributed by atoms with Crippen LogP contribution in [0, 0.1) is 5.82 Å². The van der Waals surface area contributed by atoms with Crippen LogP contribution < -0.4 is 9.62 Å². The monoisotopic (exact) mass is 638 g/mol. The standard InChI is InChI=1S/C33H35FN2O8S/c1-35-32(37)30-27-18-26(21-8-9-21)28(19-29(27)44-31(30)22-10-12-24(34)13-11-22)36(45(3,39)40)14-15-42-16-17-43-20-23-6-4-5-7-25(23)33(38)41-2/h4-7,10-13,18-19,21H,8-9,14-17,20H2,1-3H3,(H,35,37). The van der Waals surface area contributed by atoms with E-state index < -0.39 is 21.8 Å². The fourth-order valence-electron chi connectivity index (χ4n) is 5.21. The number of hydrogen-bond donors (Lipinski definition) is 1. The van der Waals surface area contributed by atoms with Crippen LogP contribution >= 0.6 is 0 Å². The van der Waals surface area contributed by atoms with E-state index in [-0.39, 0.29) is 50.6 Å². The summed E-state index contributed by atoms with van der Waals surface area (Å²) in [4.78, 5) is 25.0. The minimum Gasteiger partial charge on any atom is -0.465 e. The van der Waals surface area contributed by atoms with E-state index in [0.717, 1.165) is 24.7 Å². The quantitative estimate of drug-likeness (QED) is 0.147. The van der Waals surface area contributed by atoms with Crippen molar-refractivity contribution < 1.29 is 41.0 Å². The summed E-state index contributed by atoms with van der Waals surface area (Å²) >= 11 is 0. The third-order valence-electron chi connectivity index (χ3n) is 7.57. The van der Waals surface area contributed by atoms with Gasteiger partial charge < -0.3 is 23.9 Å². The van der Waals surface area contributed by atoms with Crippen LogP contribution in [0.3, 0.4) is 0 Å². The number of halogens is 1. The topological polar surface area (TPSA) is 124 Å². The summed E-state index contributed by atoms with van der Waals surface area (Å²) in [5, 5.41) is 3.20. The molecule has 0 aliphatic heterocycles. The van der Waals surface area contributed by atoms with Crippen LogP contribution in [0.5, 0.6) is 0 Å². The van der Waals surface area contributed by atoms with Gasteiger partial charge in [-0.15, -0.1) is 0 Å². The molecule has 1 fully saturated rings. The molecule has 0 spiro atoms. The number of hydrogen-bond acceptors (Lipinski definition) is 8. The summed E-state index contributed by atoms with van der Waals surface area (Å²) in [6.45, 7) is 0.772. The number of nitrogens with zero attached hydrogens (tertiary/aromatic N) is 1. The largest absolute Gasteiger partial charge is 0.465 e. The van der Waals surface area contributed by atoms with Crippen LogP contribution in [-0.2, 0) is 30.8 Å². The molecule has 12 heteroatoms. The number of nitrogens with one attached hydrogen (secondary N) is 1. The molecule has 0 radical (unpaired) electrons. The normalized spacial score (nSPS) is 13.2. The minimum absolute atomic E-state index is 0.0447. The van der Waals surface area contributed by atoms with Crippen molar-refractivity contribution in [2.75, 3.05) is 51.1 Å². The fourth-order valence-corrected chi connectivity index (χ4v) is 6.13. The van der Waals surface area contributed by atoms with Gasteiger partial charge in [0.05, 0.1) is 63.2 Å². The molecule has 1 heterocycles. The Kier molecular flexibility index (Phi) is 9.86. The first-order valence-corrected chi connectivity index (χ1v) is 16.3. The molecule has 1 aliphatic rings. The molecule has 0 unspecified atom stereocenters. The highest BCUT2D eigenvalue weighted by Crippen LogP contribution is 2.48. The first-order valence-electron chi connectivity index (χ1n) is 14.5. The number of methoxy groups -OCH3 is 1. The van der Waals surface area contributed by atoms with Gasteiger partial charge in [0, 0.05) is 24.1 Å². The second-order valence-electron chi connectivity index (χ2n) is 10.7. The average Bonchev–Trinajstić information content (AvgIpc) is 3.81. The zero-order valence-electron chi connectivity index (χ0n) is 25.3. The van der Waals surface area contributed by atoms with Crippen LogP contribution in [0.25, 0.3) is 22.3 Å². The Morgan fingerprint density at radius 3 is 2.40 bits per heavy atom. The molecule has 45 heavy (non-hydrogen) atoms. The maximum atomic E-state index is 13.6. The lowest BCUT2D eigenvalue weighted by atomic mass is 10.0. The van der Waals surface area contributed by atoms with Crippen LogP contribution in [-0.4, -0.2) is 67.1 Å². The van der Waals surface area contributed by atoms with Gasteiger partial charge >= 0.3 is 5.97 Å². The van der Waals surface area contributed by atoms with E-state index in [4.69, 9.17) is 18.6 Å². The van der Waals surface area contributed by atoms with Crippen LogP contribution in [0.4, 0.5) is 10.1 Å². The molecule has 0 saturated heterocycles. The van der Waals surface area contributed by atoms with E-state index in [1.807, 2.05) is 6.07 Å². The van der Waals surface area contributed by atoms with Gasteiger partial charge in [-0.25, -0.2) is 17.6 Å². The molecular weight excluding hydrogens is 603 g/mol. The summed E-state index contributed by atoms with van der Waals surface area (Å²) in [6, 6.07) is 16.1. The van der Waals surface area contributed by atoms with Crippen molar-refractivity contribution in [1.29, 1.82) is 0 Å². The van der Waals surface area contributed by atoms with E-state index in [1.165, 1.54) is 42.7 Å². The van der Waals surface area contributed by atoms with E-state index >= 15 is 0 Å². The molecule has 3 aromatic carbocycles. The van der Waals surface area contributed by atoms with Crippen molar-refractivity contribution >= 4 is 38.6 Å². The smallest absolute Gasteiger partial charge is 0.338 e. The summed E-state index contributed by atoms with van der Waals surface area (Å²) < 4.78 is 63.4. The number of fused-ring (bicyclic) bond motifs is 1. The lowest BCUT2D eigenvalue weighted by Crippen LogP contribution is -2.34. The van der Waals surface area contributed by atoms with Crippen LogP contribution in [0.15, 0.2) is 65.1 Å². The lowest BCUT2D eigenvalue weighted by molar-refractivity contribution is 0.0422. The third-order valence-corrected chi connectivity index (χ3v) is 8.75. The second-order valence-corrected chi connectivity index (χ2v) is 12.6. The Morgan fingerprint density at radius 1 is 1.02 bits per heavy atom.